The molecule has 0 spiro atoms. The van der Waals surface area contributed by atoms with Crippen molar-refractivity contribution >= 4 is 54.5 Å². The van der Waals surface area contributed by atoms with Gasteiger partial charge in [-0.25, -0.2) is 13.8 Å². The average molecular weight is 1120 g/mol. The van der Waals surface area contributed by atoms with E-state index in [9.17, 15) is 19.2 Å². The maximum Gasteiger partial charge on any atom is 0.530 e. The number of hydrogen-bond acceptors (Lipinski definition) is 13. The number of phosphoric acid groups is 1. The number of rotatable bonds is 19. The number of alkyl halides is 1. The zero-order valence-electron chi connectivity index (χ0n) is 42.5. The number of amides is 2. The average Bonchev–Trinajstić information content (AvgIpc) is 4.19. The Morgan fingerprint density at radius 2 is 1.32 bits per heavy atom. The lowest BCUT2D eigenvalue weighted by Gasteiger charge is -2.37. The van der Waals surface area contributed by atoms with E-state index in [0.29, 0.717) is 22.4 Å². The normalized spacial score (nSPS) is 20.7. The van der Waals surface area contributed by atoms with Crippen LogP contribution in [0.5, 0.6) is 11.5 Å². The fraction of sp³-hybridized carbons (Fsp3) is 0.203. The third-order valence-electron chi connectivity index (χ3n) is 13.4. The summed E-state index contributed by atoms with van der Waals surface area (Å²) in [6.07, 6.45) is -4.09. The summed E-state index contributed by atoms with van der Waals surface area (Å²) >= 11 is 7.63. The van der Waals surface area contributed by atoms with Gasteiger partial charge in [0.2, 0.25) is 0 Å². The highest BCUT2D eigenvalue weighted by molar-refractivity contribution is 8.00. The Labute approximate surface area is 463 Å². The van der Waals surface area contributed by atoms with Gasteiger partial charge in [-0.1, -0.05) is 133 Å². The number of carbonyl (C=O) groups is 2. The maximum absolute atomic E-state index is 18.0. The number of thioether (sulfide) groups is 1. The van der Waals surface area contributed by atoms with Crippen LogP contribution >= 0.6 is 31.2 Å². The number of nitrogens with one attached hydrogen (secondary N) is 2. The minimum absolute atomic E-state index is 0.00819. The molecule has 4 heterocycles. The predicted octanol–water partition coefficient (Wildman–Crippen LogP) is 11.5. The summed E-state index contributed by atoms with van der Waals surface area (Å²) in [4.78, 5) is 57.6. The van der Waals surface area contributed by atoms with E-state index in [0.717, 1.165) is 22.9 Å². The quantitative estimate of drug-likeness (QED) is 0.0576. The van der Waals surface area contributed by atoms with Crippen LogP contribution in [-0.2, 0) is 28.7 Å². The van der Waals surface area contributed by atoms with Crippen molar-refractivity contribution in [2.24, 2.45) is 0 Å². The Bertz CT molecular complexity index is 3550. The van der Waals surface area contributed by atoms with Gasteiger partial charge in [0, 0.05) is 41.7 Å². The van der Waals surface area contributed by atoms with E-state index in [1.54, 1.807) is 86.8 Å². The molecule has 2 aliphatic rings. The second-order valence-corrected chi connectivity index (χ2v) is 21.7. The molecule has 0 aliphatic carbocycles. The SMILES string of the molecule is COc1ccc(C(OC[C@H]2S[C@@H](n3ccc(NC(=O)c4ccccc4)cc3=O)[C@@H](F)[C@@H]2OP(=O)(Oc2ccccc2Cl)O[C@H]2C[C@H](n3ccc(NC(=O)c4ccccc4)nc3=O)O[C@@H]2C)(c2ccccc2)c2ccccc2)cc1. The topological polar surface area (TPSA) is 188 Å². The number of anilines is 2. The van der Waals surface area contributed by atoms with Crippen LogP contribution in [0.1, 0.15) is 62.4 Å². The van der Waals surface area contributed by atoms with Crippen molar-refractivity contribution in [3.63, 3.8) is 0 Å². The second kappa shape index (κ2) is 24.1. The van der Waals surface area contributed by atoms with Crippen LogP contribution in [0.25, 0.3) is 0 Å². The van der Waals surface area contributed by atoms with Crippen molar-refractivity contribution in [3.8, 4) is 11.5 Å². The number of ether oxygens (including phenoxy) is 3. The zero-order valence-corrected chi connectivity index (χ0v) is 44.9. The van der Waals surface area contributed by atoms with Crippen LogP contribution in [0.2, 0.25) is 5.02 Å². The molecule has 2 saturated heterocycles. The van der Waals surface area contributed by atoms with E-state index in [2.05, 4.69) is 15.6 Å². The summed E-state index contributed by atoms with van der Waals surface area (Å²) in [7, 11) is -3.50. The first-order valence-corrected chi connectivity index (χ1v) is 27.9. The summed E-state index contributed by atoms with van der Waals surface area (Å²) in [6, 6.07) is 53.6. The number of phosphoric ester groups is 1. The van der Waals surface area contributed by atoms with Crippen LogP contribution in [0.3, 0.4) is 0 Å². The molecule has 1 unspecified atom stereocenters. The standard InChI is InChI=1S/C59H52ClFN5O11PS/c1-38-48(36-52(74-38)66-34-32-50(64-58(66)70)63-56(69)40-19-9-4-10-20-40)76-78(71,75-47-26-16-15-25-46(47)60)77-54-49(79-57(53(54)61)65-33-31-44(35-51(65)67)62-55(68)39-17-7-3-8-18-39)37-73-59(41-21-11-5-12-22-41,42-23-13-6-14-24-42)43-27-29-45(72-2)30-28-43/h3-35,38,48-49,52-54,57H,36-37H2,1-2H3,(H,62,68)(H,63,64,69,70)/t38-,48+,49-,52-,53+,54-,57-,78?/m1/s1. The highest BCUT2D eigenvalue weighted by Crippen LogP contribution is 2.59. The van der Waals surface area contributed by atoms with Crippen LogP contribution in [0.15, 0.2) is 210 Å². The van der Waals surface area contributed by atoms with E-state index in [1.165, 1.54) is 51.9 Å². The monoisotopic (exact) mass is 1120 g/mol. The fourth-order valence-corrected chi connectivity index (χ4v) is 12.9. The Morgan fingerprint density at radius 1 is 0.747 bits per heavy atom. The van der Waals surface area contributed by atoms with Crippen LogP contribution < -0.4 is 31.1 Å². The Morgan fingerprint density at radius 3 is 1.91 bits per heavy atom. The molecule has 20 heteroatoms. The lowest BCUT2D eigenvalue weighted by Crippen LogP contribution is -2.39. The Kier molecular flexibility index (Phi) is 16.7. The van der Waals surface area contributed by atoms with Gasteiger partial charge in [-0.15, -0.1) is 11.8 Å². The van der Waals surface area contributed by atoms with Gasteiger partial charge in [0.05, 0.1) is 30.1 Å². The first-order valence-electron chi connectivity index (χ1n) is 25.1. The van der Waals surface area contributed by atoms with Crippen LogP contribution in [0, 0.1) is 0 Å². The minimum atomic E-state index is -5.06. The summed E-state index contributed by atoms with van der Waals surface area (Å²) in [5.74, 6) is -0.410. The molecular formula is C59H52ClFN5O11PS. The largest absolute Gasteiger partial charge is 0.530 e. The van der Waals surface area contributed by atoms with Crippen molar-refractivity contribution < 1.29 is 46.3 Å². The zero-order chi connectivity index (χ0) is 55.1. The lowest BCUT2D eigenvalue weighted by atomic mass is 9.80. The first-order chi connectivity index (χ1) is 38.3. The molecule has 2 aromatic heterocycles. The number of aromatic nitrogens is 3. The van der Waals surface area contributed by atoms with Crippen molar-refractivity contribution in [2.45, 2.75) is 60.3 Å². The number of halogens is 2. The fourth-order valence-electron chi connectivity index (χ4n) is 9.47. The molecular weight excluding hydrogens is 1070 g/mol. The molecule has 0 saturated carbocycles. The van der Waals surface area contributed by atoms with Gasteiger partial charge in [-0.2, -0.15) is 4.98 Å². The highest BCUT2D eigenvalue weighted by Gasteiger charge is 2.54. The first kappa shape index (κ1) is 54.7. The second-order valence-electron chi connectivity index (χ2n) is 18.5. The van der Waals surface area contributed by atoms with Crippen LogP contribution in [-0.4, -0.2) is 69.4 Å². The molecule has 2 aliphatic heterocycles. The van der Waals surface area contributed by atoms with E-state index >= 15 is 8.96 Å². The Hall–Kier alpha value is -7.67. The number of hydrogen-bond donors (Lipinski definition) is 2. The molecule has 2 amide bonds. The molecule has 79 heavy (non-hydrogen) atoms. The summed E-state index contributed by atoms with van der Waals surface area (Å²) < 4.78 is 74.2. The Balaban J connectivity index is 0.994. The lowest BCUT2D eigenvalue weighted by molar-refractivity contribution is -0.0253. The van der Waals surface area contributed by atoms with Gasteiger partial charge >= 0.3 is 13.5 Å². The number of para-hydroxylation sites is 1. The van der Waals surface area contributed by atoms with Gasteiger partial charge in [-0.05, 0) is 84.3 Å². The molecule has 2 N–H and O–H groups in total. The maximum atomic E-state index is 18.0. The molecule has 10 rings (SSSR count). The van der Waals surface area contributed by atoms with Gasteiger partial charge in [0.25, 0.3) is 17.4 Å². The number of methoxy groups -OCH3 is 1. The van der Waals surface area contributed by atoms with Gasteiger partial charge in [0.1, 0.15) is 46.7 Å². The summed E-state index contributed by atoms with van der Waals surface area (Å²) in [5.41, 5.74) is 0.307. The molecule has 2 fully saturated rings. The molecule has 8 aromatic rings. The van der Waals surface area contributed by atoms with Gasteiger partial charge in [-0.3, -0.25) is 32.6 Å². The molecule has 0 bridgehead atoms. The number of nitrogens with zero attached hydrogens (tertiary/aromatic N) is 3. The third-order valence-corrected chi connectivity index (χ3v) is 16.7. The van der Waals surface area contributed by atoms with Crippen molar-refractivity contribution in [2.75, 3.05) is 24.4 Å². The number of carbonyl (C=O) groups excluding carboxylic acids is 2. The van der Waals surface area contributed by atoms with Crippen molar-refractivity contribution in [1.29, 1.82) is 0 Å². The summed E-state index contributed by atoms with van der Waals surface area (Å²) in [5, 5.41) is 3.01. The third kappa shape index (κ3) is 12.2. The number of pyridine rings is 1. The van der Waals surface area contributed by atoms with Gasteiger partial charge in [0.15, 0.2) is 6.17 Å². The molecule has 16 nitrogen and oxygen atoms in total. The van der Waals surface area contributed by atoms with Crippen molar-refractivity contribution in [1.82, 2.24) is 14.1 Å². The summed E-state index contributed by atoms with van der Waals surface area (Å²) in [6.45, 7) is 1.36. The smallest absolute Gasteiger partial charge is 0.497 e. The highest BCUT2D eigenvalue weighted by atomic mass is 35.5. The van der Waals surface area contributed by atoms with E-state index < -0.39 is 77.8 Å². The van der Waals surface area contributed by atoms with E-state index in [-0.39, 0.29) is 35.3 Å². The minimum Gasteiger partial charge on any atom is -0.497 e. The molecule has 8 atom stereocenters. The molecule has 404 valence electrons. The van der Waals surface area contributed by atoms with Crippen molar-refractivity contribution in [3.05, 3.63) is 254 Å². The molecule has 0 radical (unpaired) electrons. The van der Waals surface area contributed by atoms with E-state index in [1.807, 2.05) is 84.9 Å². The van der Waals surface area contributed by atoms with E-state index in [4.69, 9.17) is 39.4 Å². The number of benzene rings is 6. The van der Waals surface area contributed by atoms with Crippen LogP contribution in [0.4, 0.5) is 15.9 Å². The van der Waals surface area contributed by atoms with Gasteiger partial charge < -0.3 is 29.4 Å². The molecule has 6 aromatic carbocycles. The predicted molar refractivity (Wildman–Crippen MR) is 299 cm³/mol.